The number of hydrogen-bond donors (Lipinski definition) is 0. The molecule has 6 aromatic rings. The third kappa shape index (κ3) is 8.01. The van der Waals surface area contributed by atoms with E-state index in [0.717, 1.165) is 64.2 Å². The van der Waals surface area contributed by atoms with Gasteiger partial charge in [-0.15, -0.1) is 0 Å². The van der Waals surface area contributed by atoms with E-state index in [4.69, 9.17) is 0 Å². The Morgan fingerprint density at radius 3 is 1.41 bits per heavy atom. The van der Waals surface area contributed by atoms with E-state index in [2.05, 4.69) is 183 Å². The van der Waals surface area contributed by atoms with Crippen molar-refractivity contribution < 1.29 is 16.4 Å². The van der Waals surface area contributed by atoms with Crippen molar-refractivity contribution in [2.75, 3.05) is 0 Å². The number of unbranched alkanes of at least 4 members (excludes halogenated alkanes) is 2. The molecule has 0 saturated heterocycles. The third-order valence-corrected chi connectivity index (χ3v) is 38.4. The molecule has 1 heterocycles. The molecule has 341 valence electrons. The molecule has 2 aliphatic carbocycles. The molecular formula is C62H71Cl2SiZr. The Hall–Kier alpha value is -3.52. The summed E-state index contributed by atoms with van der Waals surface area (Å²) in [5.41, 5.74) is 22.4. The molecule has 0 aromatic heterocycles. The van der Waals surface area contributed by atoms with Crippen LogP contribution in [0, 0.1) is 0 Å². The average Bonchev–Trinajstić information content (AvgIpc) is 4.02. The van der Waals surface area contributed by atoms with E-state index in [1.54, 1.807) is 0 Å². The van der Waals surface area contributed by atoms with E-state index < -0.39 is 25.9 Å². The monoisotopic (exact) mass is 1000 g/mol. The molecule has 6 aromatic carbocycles. The molecule has 2 unspecified atom stereocenters. The van der Waals surface area contributed by atoms with Crippen LogP contribution in [-0.2, 0) is 29.2 Å². The number of hydrogen-bond acceptors (Lipinski definition) is 0. The molecule has 66 heavy (non-hydrogen) atoms. The van der Waals surface area contributed by atoms with Gasteiger partial charge in [0.25, 0.3) is 0 Å². The van der Waals surface area contributed by atoms with Gasteiger partial charge in [-0.2, -0.15) is 0 Å². The number of fused-ring (bicyclic) bond motifs is 5. The zero-order valence-electron chi connectivity index (χ0n) is 41.0. The first-order valence-corrected chi connectivity index (χ1v) is 37.5. The molecule has 0 N–H and O–H groups in total. The zero-order valence-corrected chi connectivity index (χ0v) is 46.4. The molecule has 0 spiro atoms. The Balaban J connectivity index is 1.41. The van der Waals surface area contributed by atoms with Crippen molar-refractivity contribution in [2.45, 2.75) is 139 Å². The molecule has 0 saturated carbocycles. The molecular weight excluding hydrogens is 935 g/mol. The molecule has 1 aliphatic heterocycles. The third-order valence-electron chi connectivity index (χ3n) is 15.6. The van der Waals surface area contributed by atoms with E-state index >= 15 is 0 Å². The second kappa shape index (κ2) is 19.5. The van der Waals surface area contributed by atoms with Crippen LogP contribution < -0.4 is 13.6 Å². The second-order valence-corrected chi connectivity index (χ2v) is 42.9. The molecule has 3 aliphatic rings. The Morgan fingerprint density at radius 2 is 0.939 bits per heavy atom. The fourth-order valence-electron chi connectivity index (χ4n) is 12.7. The molecule has 2 atom stereocenters. The van der Waals surface area contributed by atoms with Crippen LogP contribution in [0.2, 0.25) is 0 Å². The standard InChI is InChI=1S/2C25H31.C12H9Si.2ClH.Zr/c2*1-5-7-11-19-16-21-15-14-20(10-6-2)25(24(21)17-19)23-13-9-8-12-22(23)18(3)4;1-3-7-11-9(5-1)10-6-2-4-8-12(10)13-11;;;/h2*8-9,12-18H,5-7,10-11H2,1-4H3;1-7H,13H2;2*1H;/q;;;;;+2/p-2. The summed E-state index contributed by atoms with van der Waals surface area (Å²) in [7, 11) is 18.4. The summed E-state index contributed by atoms with van der Waals surface area (Å²) in [5, 5.41) is 3.02. The van der Waals surface area contributed by atoms with Gasteiger partial charge in [-0.3, -0.25) is 0 Å². The molecule has 0 radical (unpaired) electrons. The summed E-state index contributed by atoms with van der Waals surface area (Å²) < 4.78 is 1.18. The second-order valence-electron chi connectivity index (χ2n) is 20.5. The first kappa shape index (κ1) is 47.5. The van der Waals surface area contributed by atoms with Gasteiger partial charge in [0.1, 0.15) is 0 Å². The van der Waals surface area contributed by atoms with Crippen LogP contribution in [0.25, 0.3) is 45.5 Å². The number of allylic oxidation sites excluding steroid dienone is 2. The van der Waals surface area contributed by atoms with Gasteiger partial charge in [0.05, 0.1) is 0 Å². The zero-order chi connectivity index (χ0) is 46.4. The topological polar surface area (TPSA) is 0 Å². The Morgan fingerprint density at radius 1 is 0.485 bits per heavy atom. The summed E-state index contributed by atoms with van der Waals surface area (Å²) in [6, 6.07) is 44.7. The predicted molar refractivity (Wildman–Crippen MR) is 291 cm³/mol. The van der Waals surface area contributed by atoms with Crippen molar-refractivity contribution in [1.29, 1.82) is 0 Å². The van der Waals surface area contributed by atoms with E-state index in [1.807, 2.05) is 0 Å². The number of halogens is 2. The van der Waals surface area contributed by atoms with Crippen LogP contribution in [0.5, 0.6) is 0 Å². The summed E-state index contributed by atoms with van der Waals surface area (Å²) in [6.45, 7) is 18.7. The van der Waals surface area contributed by atoms with Crippen molar-refractivity contribution in [1.82, 2.24) is 0 Å². The quantitative estimate of drug-likeness (QED) is 0.0798. The van der Waals surface area contributed by atoms with E-state index in [9.17, 15) is 17.0 Å². The SMILES string of the molecule is CCCCC1=Cc2c(ccc(CCC)c2-c2ccccc2C(C)C)[CH]1[Zr]([Cl])([Cl])([c]1cccc2c1[SiH2]c1ccccc1-2)[CH]1C(CCCC)=Cc2c1ccc(CCC)c2-c1ccccc1C(C)C. The Labute approximate surface area is 408 Å². The summed E-state index contributed by atoms with van der Waals surface area (Å²) in [5.74, 6) is 0.788. The molecule has 4 heteroatoms. The molecule has 9 rings (SSSR count). The van der Waals surface area contributed by atoms with Crippen LogP contribution in [-0.4, -0.2) is 9.52 Å². The molecule has 0 fully saturated rings. The number of benzene rings is 6. The van der Waals surface area contributed by atoms with Crippen LogP contribution in [0.15, 0.2) is 126 Å². The minimum absolute atomic E-state index is 0.0798. The van der Waals surface area contributed by atoms with Crippen LogP contribution in [0.3, 0.4) is 0 Å². The van der Waals surface area contributed by atoms with Crippen molar-refractivity contribution in [3.05, 3.63) is 171 Å². The first-order chi connectivity index (χ1) is 32.0. The molecule has 0 amide bonds. The molecule has 0 bridgehead atoms. The molecule has 0 nitrogen and oxygen atoms in total. The minimum atomic E-state index is -5.75. The van der Waals surface area contributed by atoms with Gasteiger partial charge >= 0.3 is 412 Å². The van der Waals surface area contributed by atoms with Gasteiger partial charge in [0.2, 0.25) is 0 Å². The van der Waals surface area contributed by atoms with E-state index in [-0.39, 0.29) is 7.25 Å². The van der Waals surface area contributed by atoms with Crippen molar-refractivity contribution in [2.24, 2.45) is 0 Å². The Kier molecular flexibility index (Phi) is 14.0. The van der Waals surface area contributed by atoms with Crippen LogP contribution in [0.4, 0.5) is 0 Å². The van der Waals surface area contributed by atoms with E-state index in [1.165, 1.54) is 103 Å². The summed E-state index contributed by atoms with van der Waals surface area (Å²) >= 11 is -5.75. The normalized spacial score (nSPS) is 17.1. The van der Waals surface area contributed by atoms with Gasteiger partial charge in [-0.1, -0.05) is 0 Å². The van der Waals surface area contributed by atoms with Crippen molar-refractivity contribution in [3.63, 3.8) is 0 Å². The van der Waals surface area contributed by atoms with Gasteiger partial charge in [-0.05, 0) is 0 Å². The fraction of sp³-hybridized carbons (Fsp3) is 0.355. The van der Waals surface area contributed by atoms with Gasteiger partial charge in [0, 0.05) is 0 Å². The average molecular weight is 1010 g/mol. The Bertz CT molecular complexity index is 2720. The van der Waals surface area contributed by atoms with Crippen LogP contribution >= 0.6 is 17.0 Å². The fourth-order valence-corrected chi connectivity index (χ4v) is 40.7. The number of rotatable bonds is 17. The maximum absolute atomic E-state index is 9.64. The number of aryl methyl sites for hydroxylation is 2. The summed E-state index contributed by atoms with van der Waals surface area (Å²) in [6.07, 6.45) is 16.0. The van der Waals surface area contributed by atoms with Crippen molar-refractivity contribution >= 4 is 52.3 Å². The first-order valence-electron chi connectivity index (χ1n) is 25.6. The summed E-state index contributed by atoms with van der Waals surface area (Å²) in [4.78, 5) is 0. The van der Waals surface area contributed by atoms with Crippen molar-refractivity contribution in [3.8, 4) is 33.4 Å². The van der Waals surface area contributed by atoms with Crippen LogP contribution in [0.1, 0.15) is 170 Å². The predicted octanol–water partition coefficient (Wildman–Crippen LogP) is 16.6. The van der Waals surface area contributed by atoms with Gasteiger partial charge < -0.3 is 0 Å². The maximum atomic E-state index is 9.64. The van der Waals surface area contributed by atoms with E-state index in [0.29, 0.717) is 11.8 Å². The van der Waals surface area contributed by atoms with Gasteiger partial charge in [-0.25, -0.2) is 0 Å². The van der Waals surface area contributed by atoms with Gasteiger partial charge in [0.15, 0.2) is 0 Å².